The minimum absolute atomic E-state index is 0.00949. The molecule has 2 aliphatic rings. The quantitative estimate of drug-likeness (QED) is 0.485. The van der Waals surface area contributed by atoms with E-state index in [9.17, 15) is 35.9 Å². The summed E-state index contributed by atoms with van der Waals surface area (Å²) in [6, 6.07) is 8.17. The molecule has 0 aromatic heterocycles. The third-order valence-electron chi connectivity index (χ3n) is 6.16. The van der Waals surface area contributed by atoms with Gasteiger partial charge in [-0.1, -0.05) is 28.9 Å². The van der Waals surface area contributed by atoms with Gasteiger partial charge in [-0.2, -0.15) is 26.3 Å². The van der Waals surface area contributed by atoms with E-state index >= 15 is 0 Å². The van der Waals surface area contributed by atoms with Crippen molar-refractivity contribution in [3.63, 3.8) is 0 Å². The number of alkyl halides is 6. The molecule has 37 heavy (non-hydrogen) atoms. The molecule has 6 nitrogen and oxygen atoms in total. The van der Waals surface area contributed by atoms with Gasteiger partial charge in [0.1, 0.15) is 13.1 Å². The molecule has 0 N–H and O–H groups in total. The van der Waals surface area contributed by atoms with Crippen LogP contribution in [0.4, 0.5) is 26.3 Å². The van der Waals surface area contributed by atoms with Crippen LogP contribution in [-0.4, -0.2) is 59.4 Å². The lowest BCUT2D eigenvalue weighted by atomic mass is 9.85. The van der Waals surface area contributed by atoms with Crippen molar-refractivity contribution >= 4 is 29.1 Å². The topological polar surface area (TPSA) is 62.2 Å². The smallest absolute Gasteiger partial charge is 0.374 e. The zero-order chi connectivity index (χ0) is 27.3. The largest absolute Gasteiger partial charge is 0.435 e. The van der Waals surface area contributed by atoms with E-state index in [-0.39, 0.29) is 27.4 Å². The summed E-state index contributed by atoms with van der Waals surface area (Å²) in [6.45, 7) is 0.623. The monoisotopic (exact) mass is 547 g/mol. The van der Waals surface area contributed by atoms with Crippen LogP contribution in [0.5, 0.6) is 0 Å². The van der Waals surface area contributed by atoms with Crippen LogP contribution < -0.4 is 0 Å². The molecule has 1 unspecified atom stereocenters. The Balaban J connectivity index is 1.56. The third-order valence-corrected chi connectivity index (χ3v) is 6.38. The molecule has 2 aliphatic heterocycles. The molecular weight excluding hydrogens is 528 g/mol. The van der Waals surface area contributed by atoms with Crippen molar-refractivity contribution < 1.29 is 40.8 Å². The van der Waals surface area contributed by atoms with Crippen LogP contribution in [0.1, 0.15) is 39.0 Å². The fourth-order valence-corrected chi connectivity index (χ4v) is 4.66. The molecule has 0 aliphatic carbocycles. The summed E-state index contributed by atoms with van der Waals surface area (Å²) < 4.78 is 80.8. The molecule has 2 aromatic rings. The zero-order valence-electron chi connectivity index (χ0n) is 19.5. The number of hydrogen-bond donors (Lipinski definition) is 0. The van der Waals surface area contributed by atoms with Gasteiger partial charge in [-0.05, 0) is 54.8 Å². The van der Waals surface area contributed by atoms with Gasteiger partial charge in [0.2, 0.25) is 5.91 Å². The Hall–Kier alpha value is -3.28. The summed E-state index contributed by atoms with van der Waals surface area (Å²) in [7, 11) is 0. The highest BCUT2D eigenvalue weighted by Crippen LogP contribution is 2.49. The highest BCUT2D eigenvalue weighted by molar-refractivity contribution is 6.30. The van der Waals surface area contributed by atoms with Crippen LogP contribution in [0.2, 0.25) is 5.02 Å². The van der Waals surface area contributed by atoms with Gasteiger partial charge in [-0.25, -0.2) is 0 Å². The average Bonchev–Trinajstić information content (AvgIpc) is 3.37. The normalized spacial score (nSPS) is 20.4. The molecule has 0 saturated carbocycles. The molecule has 0 radical (unpaired) electrons. The van der Waals surface area contributed by atoms with Gasteiger partial charge in [-0.3, -0.25) is 9.59 Å². The highest BCUT2D eigenvalue weighted by atomic mass is 35.5. The van der Waals surface area contributed by atoms with Crippen molar-refractivity contribution in [1.29, 1.82) is 0 Å². The Morgan fingerprint density at radius 1 is 1.11 bits per heavy atom. The lowest BCUT2D eigenvalue weighted by Crippen LogP contribution is -2.42. The maximum atomic E-state index is 14.2. The van der Waals surface area contributed by atoms with E-state index in [1.807, 2.05) is 0 Å². The van der Waals surface area contributed by atoms with Crippen molar-refractivity contribution in [2.24, 2.45) is 5.16 Å². The maximum Gasteiger partial charge on any atom is 0.435 e. The summed E-state index contributed by atoms with van der Waals surface area (Å²) in [6.07, 6.45) is -10.1. The summed E-state index contributed by atoms with van der Waals surface area (Å²) in [5.41, 5.74) is -1.74. The number of oxime groups is 1. The first-order valence-corrected chi connectivity index (χ1v) is 11.3. The fourth-order valence-electron chi connectivity index (χ4n) is 4.37. The van der Waals surface area contributed by atoms with Crippen molar-refractivity contribution in [2.75, 3.05) is 19.8 Å². The molecule has 2 amide bonds. The van der Waals surface area contributed by atoms with Gasteiger partial charge in [0.05, 0.1) is 12.4 Å². The lowest BCUT2D eigenvalue weighted by Gasteiger charge is -2.30. The molecule has 198 valence electrons. The van der Waals surface area contributed by atoms with E-state index in [4.69, 9.17) is 16.4 Å². The molecule has 0 bridgehead atoms. The zero-order valence-corrected chi connectivity index (χ0v) is 20.3. The van der Waals surface area contributed by atoms with Crippen LogP contribution in [-0.2, 0) is 15.2 Å². The number of amides is 2. The molecule has 4 rings (SSSR count). The predicted molar refractivity (Wildman–Crippen MR) is 121 cm³/mol. The predicted octanol–water partition coefficient (Wildman–Crippen LogP) is 5.34. The Labute approximate surface area is 212 Å². The minimum Gasteiger partial charge on any atom is -0.374 e. The molecule has 2 aromatic carbocycles. The average molecular weight is 548 g/mol. The van der Waals surface area contributed by atoms with Crippen LogP contribution in [0.15, 0.2) is 41.6 Å². The third kappa shape index (κ3) is 5.25. The maximum absolute atomic E-state index is 14.2. The first kappa shape index (κ1) is 26.8. The molecule has 0 spiro atoms. The van der Waals surface area contributed by atoms with Gasteiger partial charge >= 0.3 is 12.4 Å². The SMILES string of the molecule is Cc1cc(Cl)cc(C2(C(F)(F)F)CC(c3ccc(C(=O)N4CC(=O)N(CC(F)(F)F)C4)c(C)c3)=NO2)c1. The molecule has 2 heterocycles. The number of benzene rings is 2. The van der Waals surface area contributed by atoms with E-state index in [2.05, 4.69) is 5.16 Å². The van der Waals surface area contributed by atoms with Crippen LogP contribution in [0.25, 0.3) is 0 Å². The minimum atomic E-state index is -4.83. The number of aryl methyl sites for hydroxylation is 2. The molecular formula is C24H20ClF6N3O3. The van der Waals surface area contributed by atoms with Gasteiger partial charge in [0.25, 0.3) is 11.5 Å². The van der Waals surface area contributed by atoms with E-state index in [0.29, 0.717) is 16.0 Å². The number of halogens is 7. The van der Waals surface area contributed by atoms with Gasteiger partial charge in [0.15, 0.2) is 0 Å². The Bertz CT molecular complexity index is 1270. The van der Waals surface area contributed by atoms with E-state index in [1.54, 1.807) is 6.92 Å². The fraction of sp³-hybridized carbons (Fsp3) is 0.375. The molecule has 1 fully saturated rings. The highest BCUT2D eigenvalue weighted by Gasteiger charge is 2.62. The van der Waals surface area contributed by atoms with Crippen molar-refractivity contribution in [3.8, 4) is 0 Å². The van der Waals surface area contributed by atoms with Crippen LogP contribution in [0, 0.1) is 13.8 Å². The van der Waals surface area contributed by atoms with Crippen molar-refractivity contribution in [1.82, 2.24) is 9.80 Å². The first-order valence-electron chi connectivity index (χ1n) is 10.9. The van der Waals surface area contributed by atoms with E-state index in [1.165, 1.54) is 43.3 Å². The van der Waals surface area contributed by atoms with Crippen LogP contribution >= 0.6 is 11.6 Å². The summed E-state index contributed by atoms with van der Waals surface area (Å²) >= 11 is 5.99. The van der Waals surface area contributed by atoms with Crippen LogP contribution in [0.3, 0.4) is 0 Å². The Morgan fingerprint density at radius 3 is 2.41 bits per heavy atom. The molecule has 1 atom stereocenters. The Morgan fingerprint density at radius 2 is 1.81 bits per heavy atom. The first-order chi connectivity index (χ1) is 17.1. The summed E-state index contributed by atoms with van der Waals surface area (Å²) in [5, 5.41) is 3.82. The second-order valence-corrected chi connectivity index (χ2v) is 9.47. The number of carbonyl (C=O) groups excluding carboxylic acids is 2. The second kappa shape index (κ2) is 9.23. The standard InChI is InChI=1S/C24H20ClF6N3O3/c1-13-5-16(8-17(25)6-13)22(24(29,30)31)9-19(32-37-22)15-3-4-18(14(2)7-15)21(36)33-10-20(35)34(12-33)11-23(26,27)28/h3-8H,9-12H2,1-2H3. The van der Waals surface area contributed by atoms with Gasteiger partial charge in [0, 0.05) is 22.6 Å². The lowest BCUT2D eigenvalue weighted by molar-refractivity contribution is -0.275. The van der Waals surface area contributed by atoms with Gasteiger partial charge in [-0.15, -0.1) is 0 Å². The number of nitrogens with zero attached hydrogens (tertiary/aromatic N) is 3. The van der Waals surface area contributed by atoms with E-state index in [0.717, 1.165) is 4.90 Å². The van der Waals surface area contributed by atoms with Crippen molar-refractivity contribution in [3.05, 3.63) is 69.2 Å². The van der Waals surface area contributed by atoms with E-state index < -0.39 is 55.9 Å². The number of rotatable bonds is 4. The summed E-state index contributed by atoms with van der Waals surface area (Å²) in [4.78, 5) is 31.3. The molecule has 13 heteroatoms. The van der Waals surface area contributed by atoms with Gasteiger partial charge < -0.3 is 14.6 Å². The number of hydrogen-bond acceptors (Lipinski definition) is 4. The van der Waals surface area contributed by atoms with Crippen molar-refractivity contribution in [2.45, 2.75) is 38.2 Å². The second-order valence-electron chi connectivity index (χ2n) is 9.03. The number of carbonyl (C=O) groups is 2. The summed E-state index contributed by atoms with van der Waals surface area (Å²) in [5.74, 6) is -1.51. The Kier molecular flexibility index (Phi) is 6.68. The molecule has 1 saturated heterocycles.